The summed E-state index contributed by atoms with van der Waals surface area (Å²) < 4.78 is 14.8. The smallest absolute Gasteiger partial charge is 0.260 e. The molecule has 9 heteroatoms. The molecule has 0 amide bonds. The Balaban J connectivity index is 1.55. The van der Waals surface area contributed by atoms with Crippen LogP contribution in [-0.4, -0.2) is 19.7 Å². The number of H-pyrrole nitrogens is 1. The van der Waals surface area contributed by atoms with Gasteiger partial charge in [0, 0.05) is 16.5 Å². The van der Waals surface area contributed by atoms with Crippen LogP contribution in [0.15, 0.2) is 58.7 Å². The van der Waals surface area contributed by atoms with E-state index in [0.29, 0.717) is 32.3 Å². The van der Waals surface area contributed by atoms with Gasteiger partial charge in [0.25, 0.3) is 5.56 Å². The number of nitrogens with one attached hydrogen (secondary N) is 1. The van der Waals surface area contributed by atoms with Gasteiger partial charge in [0.1, 0.15) is 15.8 Å². The van der Waals surface area contributed by atoms with Crippen LogP contribution in [0.4, 0.5) is 4.39 Å². The fourth-order valence-electron chi connectivity index (χ4n) is 3.63. The average Bonchev–Trinajstić information content (AvgIpc) is 3.37. The van der Waals surface area contributed by atoms with Crippen molar-refractivity contribution in [2.45, 2.75) is 13.8 Å². The maximum atomic E-state index is 13.3. The first-order valence-corrected chi connectivity index (χ1v) is 11.9. The molecule has 2 aromatic carbocycles. The minimum Gasteiger partial charge on any atom is -0.305 e. The highest BCUT2D eigenvalue weighted by Crippen LogP contribution is 2.33. The molecule has 0 saturated heterocycles. The molecule has 0 aliphatic rings. The molecule has 0 aliphatic heterocycles. The lowest BCUT2D eigenvalue weighted by Crippen LogP contribution is -2.10. The molecule has 0 saturated carbocycles. The number of halogens is 3. The highest BCUT2D eigenvalue weighted by molar-refractivity contribution is 7.17. The number of aryl methyl sites for hydroxylation is 2. The van der Waals surface area contributed by atoms with Crippen molar-refractivity contribution in [3.05, 3.63) is 97.9 Å². The molecule has 3 aromatic heterocycles. The van der Waals surface area contributed by atoms with Gasteiger partial charge in [-0.25, -0.2) is 14.1 Å². The van der Waals surface area contributed by atoms with Gasteiger partial charge in [-0.2, -0.15) is 5.10 Å². The van der Waals surface area contributed by atoms with Crippen LogP contribution in [0.3, 0.4) is 0 Å². The van der Waals surface area contributed by atoms with Gasteiger partial charge in [0.2, 0.25) is 0 Å². The quantitative estimate of drug-likeness (QED) is 0.283. The Morgan fingerprint density at radius 3 is 2.53 bits per heavy atom. The molecule has 0 radical (unpaired) electrons. The third kappa shape index (κ3) is 4.07. The van der Waals surface area contributed by atoms with Crippen molar-refractivity contribution in [1.82, 2.24) is 19.7 Å². The normalized spacial score (nSPS) is 12.0. The number of aromatic amines is 1. The molecule has 170 valence electrons. The second-order valence-electron chi connectivity index (χ2n) is 7.78. The first-order chi connectivity index (χ1) is 16.3. The topological polar surface area (TPSA) is 63.6 Å². The van der Waals surface area contributed by atoms with E-state index in [1.165, 1.54) is 28.2 Å². The van der Waals surface area contributed by atoms with Crippen LogP contribution in [0.2, 0.25) is 5.15 Å². The second kappa shape index (κ2) is 8.83. The number of aromatic nitrogens is 4. The predicted octanol–water partition coefficient (Wildman–Crippen LogP) is 6.98. The molecular weight excluding hydrogens is 494 g/mol. The number of rotatable bonds is 4. The van der Waals surface area contributed by atoms with E-state index >= 15 is 0 Å². The van der Waals surface area contributed by atoms with Gasteiger partial charge >= 0.3 is 0 Å². The summed E-state index contributed by atoms with van der Waals surface area (Å²) in [5.74, 6) is -0.113. The molecule has 3 heterocycles. The average molecular weight is 511 g/mol. The van der Waals surface area contributed by atoms with E-state index in [1.54, 1.807) is 25.1 Å². The van der Waals surface area contributed by atoms with Gasteiger partial charge in [-0.3, -0.25) is 4.79 Å². The Kier molecular flexibility index (Phi) is 5.85. The summed E-state index contributed by atoms with van der Waals surface area (Å²) in [6, 6.07) is 13.8. The van der Waals surface area contributed by atoms with E-state index in [-0.39, 0.29) is 22.2 Å². The first kappa shape index (κ1) is 22.5. The van der Waals surface area contributed by atoms with Crippen molar-refractivity contribution in [3.63, 3.8) is 0 Å². The third-order valence-corrected chi connectivity index (χ3v) is 6.95. The fourth-order valence-corrected chi connectivity index (χ4v) is 5.10. The van der Waals surface area contributed by atoms with Crippen LogP contribution in [0.25, 0.3) is 38.1 Å². The number of hydrogen-bond acceptors (Lipinski definition) is 4. The zero-order valence-electron chi connectivity index (χ0n) is 18.1. The molecule has 0 atom stereocenters. The lowest BCUT2D eigenvalue weighted by molar-refractivity contribution is 0.627. The Labute approximate surface area is 208 Å². The zero-order chi connectivity index (χ0) is 24.0. The van der Waals surface area contributed by atoms with Gasteiger partial charge in [0.15, 0.2) is 5.82 Å². The van der Waals surface area contributed by atoms with Crippen molar-refractivity contribution >= 4 is 55.9 Å². The molecule has 1 N–H and O–H groups in total. The summed E-state index contributed by atoms with van der Waals surface area (Å²) in [4.78, 5) is 20.9. The number of thiophene rings is 1. The SMILES string of the molecule is Cc1ccc(-c2csc3nc(C(Cl)=Cc4c(C)nn(-c5ccc(F)cc5)c4Cl)[nH]c(=O)c23)cc1. The summed E-state index contributed by atoms with van der Waals surface area (Å²) in [7, 11) is 0. The monoisotopic (exact) mass is 510 g/mol. The maximum absolute atomic E-state index is 13.3. The summed E-state index contributed by atoms with van der Waals surface area (Å²) in [6.07, 6.45) is 1.62. The maximum Gasteiger partial charge on any atom is 0.260 e. The predicted molar refractivity (Wildman–Crippen MR) is 137 cm³/mol. The first-order valence-electron chi connectivity index (χ1n) is 10.3. The number of nitrogens with zero attached hydrogens (tertiary/aromatic N) is 3. The van der Waals surface area contributed by atoms with Gasteiger partial charge in [-0.1, -0.05) is 53.0 Å². The number of benzene rings is 2. The summed E-state index contributed by atoms with van der Waals surface area (Å²) in [6.45, 7) is 3.80. The fraction of sp³-hybridized carbons (Fsp3) is 0.0800. The molecule has 0 bridgehead atoms. The molecule has 5 aromatic rings. The standard InChI is InChI=1S/C25H17Cl2FN4OS/c1-13-3-5-15(6-4-13)19-12-34-25-21(19)24(33)29-23(30-25)20(26)11-18-14(2)31-32(22(18)27)17-9-7-16(28)8-10-17/h3-12H,1-2H3,(H,29,30,33). The molecule has 0 fully saturated rings. The highest BCUT2D eigenvalue weighted by atomic mass is 35.5. The largest absolute Gasteiger partial charge is 0.305 e. The van der Waals surface area contributed by atoms with Crippen LogP contribution >= 0.6 is 34.5 Å². The molecule has 0 spiro atoms. The lowest BCUT2D eigenvalue weighted by Gasteiger charge is -2.04. The molecule has 5 rings (SSSR count). The van der Waals surface area contributed by atoms with Crippen molar-refractivity contribution in [1.29, 1.82) is 0 Å². The third-order valence-electron chi connectivity index (χ3n) is 5.42. The van der Waals surface area contributed by atoms with Crippen LogP contribution < -0.4 is 5.56 Å². The van der Waals surface area contributed by atoms with Crippen LogP contribution in [-0.2, 0) is 0 Å². The highest BCUT2D eigenvalue weighted by Gasteiger charge is 2.17. The van der Waals surface area contributed by atoms with E-state index in [0.717, 1.165) is 16.7 Å². The van der Waals surface area contributed by atoms with E-state index < -0.39 is 0 Å². The van der Waals surface area contributed by atoms with Crippen molar-refractivity contribution in [3.8, 4) is 16.8 Å². The summed E-state index contributed by atoms with van der Waals surface area (Å²) in [5.41, 5.74) is 4.47. The van der Waals surface area contributed by atoms with Gasteiger partial charge in [0.05, 0.1) is 21.8 Å². The van der Waals surface area contributed by atoms with Crippen molar-refractivity contribution < 1.29 is 4.39 Å². The lowest BCUT2D eigenvalue weighted by atomic mass is 10.1. The Morgan fingerprint density at radius 2 is 1.82 bits per heavy atom. The Morgan fingerprint density at radius 1 is 1.12 bits per heavy atom. The van der Waals surface area contributed by atoms with Crippen LogP contribution in [0, 0.1) is 19.7 Å². The van der Waals surface area contributed by atoms with E-state index in [1.807, 2.05) is 36.6 Å². The van der Waals surface area contributed by atoms with E-state index in [4.69, 9.17) is 23.2 Å². The van der Waals surface area contributed by atoms with Crippen molar-refractivity contribution in [2.75, 3.05) is 0 Å². The number of fused-ring (bicyclic) bond motifs is 1. The Bertz CT molecular complexity index is 1620. The molecule has 5 nitrogen and oxygen atoms in total. The number of hydrogen-bond donors (Lipinski definition) is 1. The molecular formula is C25H17Cl2FN4OS. The minimum absolute atomic E-state index is 0.216. The van der Waals surface area contributed by atoms with E-state index in [2.05, 4.69) is 15.1 Å². The summed E-state index contributed by atoms with van der Waals surface area (Å²) >= 11 is 14.5. The van der Waals surface area contributed by atoms with Crippen LogP contribution in [0.1, 0.15) is 22.6 Å². The van der Waals surface area contributed by atoms with Gasteiger partial charge in [-0.05, 0) is 49.8 Å². The molecule has 0 unspecified atom stereocenters. The zero-order valence-corrected chi connectivity index (χ0v) is 20.4. The summed E-state index contributed by atoms with van der Waals surface area (Å²) in [5, 5.41) is 7.41. The molecule has 34 heavy (non-hydrogen) atoms. The van der Waals surface area contributed by atoms with Crippen LogP contribution in [0.5, 0.6) is 0 Å². The minimum atomic E-state index is -0.351. The van der Waals surface area contributed by atoms with E-state index in [9.17, 15) is 9.18 Å². The van der Waals surface area contributed by atoms with Gasteiger partial charge in [-0.15, -0.1) is 11.3 Å². The Hall–Kier alpha value is -3.26. The van der Waals surface area contributed by atoms with Gasteiger partial charge < -0.3 is 4.98 Å². The van der Waals surface area contributed by atoms with Crippen molar-refractivity contribution in [2.24, 2.45) is 0 Å². The second-order valence-corrected chi connectivity index (χ2v) is 9.40. The molecule has 0 aliphatic carbocycles.